The third-order valence-electron chi connectivity index (χ3n) is 5.17. The number of sulfone groups is 1. The molecule has 130 valence electrons. The summed E-state index contributed by atoms with van der Waals surface area (Å²) in [5.41, 5.74) is 3.73. The highest BCUT2D eigenvalue weighted by molar-refractivity contribution is 7.91. The van der Waals surface area contributed by atoms with Crippen LogP contribution in [0.2, 0.25) is 0 Å². The topological polar surface area (TPSA) is 57.7 Å². The third kappa shape index (κ3) is 2.61. The van der Waals surface area contributed by atoms with Gasteiger partial charge in [0.25, 0.3) is 0 Å². The van der Waals surface area contributed by atoms with E-state index in [-0.39, 0.29) is 29.6 Å². The van der Waals surface area contributed by atoms with Gasteiger partial charge < -0.3 is 0 Å². The molecule has 2 heterocycles. The van der Waals surface area contributed by atoms with E-state index < -0.39 is 9.84 Å². The zero-order valence-electron chi connectivity index (χ0n) is 14.2. The molecule has 2 atom stereocenters. The van der Waals surface area contributed by atoms with Crippen molar-refractivity contribution in [3.63, 3.8) is 0 Å². The minimum absolute atomic E-state index is 0.0135. The Hall–Kier alpha value is -2.34. The van der Waals surface area contributed by atoms with Gasteiger partial charge in [0.05, 0.1) is 23.6 Å². The zero-order chi connectivity index (χ0) is 17.8. The summed E-state index contributed by atoms with van der Waals surface area (Å²) < 4.78 is 24.5. The van der Waals surface area contributed by atoms with Crippen LogP contribution in [0.25, 0.3) is 0 Å². The Balaban J connectivity index is 1.82. The Morgan fingerprint density at radius 2 is 1.44 bits per heavy atom. The summed E-state index contributed by atoms with van der Waals surface area (Å²) in [6, 6.07) is 14.3. The first kappa shape index (κ1) is 16.1. The average Bonchev–Trinajstić information content (AvgIpc) is 3.00. The minimum Gasteiger partial charge on any atom is -0.288 e. The summed E-state index contributed by atoms with van der Waals surface area (Å²) in [6.07, 6.45) is 0. The predicted octanol–water partition coefficient (Wildman–Crippen LogP) is 2.92. The van der Waals surface area contributed by atoms with E-state index in [1.165, 1.54) is 0 Å². The van der Waals surface area contributed by atoms with Crippen molar-refractivity contribution < 1.29 is 13.2 Å². The molecule has 0 radical (unpaired) electrons. The van der Waals surface area contributed by atoms with E-state index in [0.29, 0.717) is 0 Å². The summed E-state index contributed by atoms with van der Waals surface area (Å²) in [4.78, 5) is 16.5. The molecule has 2 unspecified atom stereocenters. The molecular formula is C19H20N2O3S. The molecule has 2 amide bonds. The first-order valence-corrected chi connectivity index (χ1v) is 10.1. The van der Waals surface area contributed by atoms with Crippen LogP contribution in [0.1, 0.15) is 11.1 Å². The smallest absolute Gasteiger partial charge is 0.288 e. The number of fused-ring (bicyclic) bond motifs is 1. The highest BCUT2D eigenvalue weighted by Crippen LogP contribution is 2.38. The van der Waals surface area contributed by atoms with Crippen LogP contribution in [0, 0.1) is 13.8 Å². The molecule has 2 aliphatic rings. The maximum Gasteiger partial charge on any atom is 0.329 e. The Morgan fingerprint density at radius 1 is 0.840 bits per heavy atom. The molecule has 0 saturated carbocycles. The molecule has 4 rings (SSSR count). The largest absolute Gasteiger partial charge is 0.329 e. The molecular weight excluding hydrogens is 336 g/mol. The maximum absolute atomic E-state index is 13.2. The fourth-order valence-corrected chi connectivity index (χ4v) is 5.69. The second-order valence-electron chi connectivity index (χ2n) is 6.84. The quantitative estimate of drug-likeness (QED) is 0.778. The lowest BCUT2D eigenvalue weighted by atomic mass is 10.1. The Labute approximate surface area is 147 Å². The van der Waals surface area contributed by atoms with Gasteiger partial charge in [-0.1, -0.05) is 24.3 Å². The Kier molecular flexibility index (Phi) is 3.61. The van der Waals surface area contributed by atoms with Gasteiger partial charge in [0, 0.05) is 11.4 Å². The van der Waals surface area contributed by atoms with Crippen LogP contribution >= 0.6 is 0 Å². The van der Waals surface area contributed by atoms with Gasteiger partial charge in [-0.2, -0.15) is 0 Å². The molecule has 2 aromatic carbocycles. The standard InChI is InChI=1S/C19H20N2O3S/c1-13-8-9-16(10-14(13)2)21-18-12-25(23,24)11-17(18)20(19(21)22)15-6-4-3-5-7-15/h3-10,17-18H,11-12H2,1-2H3. The number of hydrogen-bond acceptors (Lipinski definition) is 3. The van der Waals surface area contributed by atoms with Crippen molar-refractivity contribution in [1.82, 2.24) is 0 Å². The molecule has 25 heavy (non-hydrogen) atoms. The highest BCUT2D eigenvalue weighted by atomic mass is 32.2. The van der Waals surface area contributed by atoms with Gasteiger partial charge in [-0.25, -0.2) is 13.2 Å². The van der Waals surface area contributed by atoms with Gasteiger partial charge in [0.1, 0.15) is 0 Å². The molecule has 2 saturated heterocycles. The molecule has 6 heteroatoms. The van der Waals surface area contributed by atoms with Crippen molar-refractivity contribution in [2.45, 2.75) is 25.9 Å². The number of anilines is 2. The number of aryl methyl sites for hydroxylation is 2. The van der Waals surface area contributed by atoms with Gasteiger partial charge in [0.2, 0.25) is 0 Å². The van der Waals surface area contributed by atoms with E-state index in [1.807, 2.05) is 62.4 Å². The van der Waals surface area contributed by atoms with E-state index in [9.17, 15) is 13.2 Å². The summed E-state index contributed by atoms with van der Waals surface area (Å²) >= 11 is 0. The van der Waals surface area contributed by atoms with Gasteiger partial charge >= 0.3 is 6.03 Å². The SMILES string of the molecule is Cc1ccc(N2C(=O)N(c3ccccc3)C3CS(=O)(=O)CC32)cc1C. The van der Waals surface area contributed by atoms with E-state index >= 15 is 0 Å². The zero-order valence-corrected chi connectivity index (χ0v) is 15.0. The van der Waals surface area contributed by atoms with E-state index in [2.05, 4.69) is 0 Å². The number of nitrogens with zero attached hydrogens (tertiary/aromatic N) is 2. The van der Waals surface area contributed by atoms with E-state index in [4.69, 9.17) is 0 Å². The lowest BCUT2D eigenvalue weighted by molar-refractivity contribution is 0.255. The molecule has 0 bridgehead atoms. The van der Waals surface area contributed by atoms with Crippen LogP contribution in [0.15, 0.2) is 48.5 Å². The van der Waals surface area contributed by atoms with Crippen LogP contribution in [0.4, 0.5) is 16.2 Å². The summed E-state index contributed by atoms with van der Waals surface area (Å²) in [7, 11) is -3.16. The molecule has 0 aromatic heterocycles. The number of carbonyl (C=O) groups is 1. The fourth-order valence-electron chi connectivity index (χ4n) is 3.77. The van der Waals surface area contributed by atoms with Gasteiger partial charge in [-0.15, -0.1) is 0 Å². The van der Waals surface area contributed by atoms with Gasteiger partial charge in [-0.05, 0) is 49.2 Å². The van der Waals surface area contributed by atoms with Crippen LogP contribution in [0.3, 0.4) is 0 Å². The van der Waals surface area contributed by atoms with Crippen molar-refractivity contribution >= 4 is 27.2 Å². The first-order chi connectivity index (χ1) is 11.9. The number of rotatable bonds is 2. The van der Waals surface area contributed by atoms with Crippen LogP contribution in [-0.2, 0) is 9.84 Å². The molecule has 0 aliphatic carbocycles. The average molecular weight is 356 g/mol. The molecule has 0 N–H and O–H groups in total. The number of amides is 2. The maximum atomic E-state index is 13.2. The predicted molar refractivity (Wildman–Crippen MR) is 98.9 cm³/mol. The lowest BCUT2D eigenvalue weighted by Gasteiger charge is -2.23. The normalized spacial score (nSPS) is 24.6. The number of hydrogen-bond donors (Lipinski definition) is 0. The Bertz CT molecular complexity index is 940. The van der Waals surface area contributed by atoms with E-state index in [1.54, 1.807) is 9.80 Å². The molecule has 2 fully saturated rings. The van der Waals surface area contributed by atoms with Crippen LogP contribution < -0.4 is 9.80 Å². The number of para-hydroxylation sites is 1. The highest BCUT2D eigenvalue weighted by Gasteiger charge is 2.54. The Morgan fingerprint density at radius 3 is 2.04 bits per heavy atom. The lowest BCUT2D eigenvalue weighted by Crippen LogP contribution is -2.37. The van der Waals surface area contributed by atoms with Crippen LogP contribution in [-0.4, -0.2) is 38.0 Å². The second kappa shape index (κ2) is 5.59. The first-order valence-electron chi connectivity index (χ1n) is 8.32. The van der Waals surface area contributed by atoms with E-state index in [0.717, 1.165) is 22.5 Å². The van der Waals surface area contributed by atoms with Crippen molar-refractivity contribution in [3.05, 3.63) is 59.7 Å². The number of carbonyl (C=O) groups excluding carboxylic acids is 1. The molecule has 2 aliphatic heterocycles. The molecule has 0 spiro atoms. The summed E-state index contributed by atoms with van der Waals surface area (Å²) in [5.74, 6) is 0.0271. The summed E-state index contributed by atoms with van der Waals surface area (Å²) in [5, 5.41) is 0. The fraction of sp³-hybridized carbons (Fsp3) is 0.316. The van der Waals surface area contributed by atoms with Crippen molar-refractivity contribution in [3.8, 4) is 0 Å². The van der Waals surface area contributed by atoms with Crippen LogP contribution in [0.5, 0.6) is 0 Å². The number of urea groups is 1. The van der Waals surface area contributed by atoms with Crippen molar-refractivity contribution in [2.24, 2.45) is 0 Å². The van der Waals surface area contributed by atoms with Gasteiger partial charge in [-0.3, -0.25) is 9.80 Å². The number of benzene rings is 2. The molecule has 5 nitrogen and oxygen atoms in total. The molecule has 2 aromatic rings. The minimum atomic E-state index is -3.16. The monoisotopic (exact) mass is 356 g/mol. The van der Waals surface area contributed by atoms with Crippen molar-refractivity contribution in [2.75, 3.05) is 21.3 Å². The van der Waals surface area contributed by atoms with Crippen molar-refractivity contribution in [1.29, 1.82) is 0 Å². The second-order valence-corrected chi connectivity index (χ2v) is 8.99. The third-order valence-corrected chi connectivity index (χ3v) is 6.87. The van der Waals surface area contributed by atoms with Gasteiger partial charge in [0.15, 0.2) is 9.84 Å². The summed E-state index contributed by atoms with van der Waals surface area (Å²) in [6.45, 7) is 4.02.